The van der Waals surface area contributed by atoms with Crippen molar-refractivity contribution in [2.75, 3.05) is 43.5 Å². The van der Waals surface area contributed by atoms with Crippen molar-refractivity contribution in [2.24, 2.45) is 0 Å². The van der Waals surface area contributed by atoms with Crippen molar-refractivity contribution in [3.8, 4) is 5.75 Å². The topological polar surface area (TPSA) is 61.9 Å². The molecule has 7 heteroatoms. The third kappa shape index (κ3) is 4.98. The molecule has 0 spiro atoms. The van der Waals surface area contributed by atoms with Crippen molar-refractivity contribution in [2.45, 2.75) is 19.8 Å². The van der Waals surface area contributed by atoms with Crippen LogP contribution in [0.5, 0.6) is 5.75 Å². The number of fused-ring (bicyclic) bond motifs is 1. The molecule has 1 heterocycles. The second kappa shape index (κ2) is 10.3. The summed E-state index contributed by atoms with van der Waals surface area (Å²) in [5.74, 6) is 0.526. The van der Waals surface area contributed by atoms with Crippen molar-refractivity contribution < 1.29 is 14.3 Å². The SMILES string of the molecule is CCCC(=O)N1CCN(c2ccc(NC(=O)c3cc4ccccc4c(Br)c3OC)cc2)CC1. The number of carbonyl (C=O) groups excluding carboxylic acids is 2. The van der Waals surface area contributed by atoms with Crippen LogP contribution in [-0.4, -0.2) is 50.0 Å². The second-order valence-corrected chi connectivity index (χ2v) is 8.90. The van der Waals surface area contributed by atoms with E-state index in [1.807, 2.05) is 66.4 Å². The Labute approximate surface area is 202 Å². The highest BCUT2D eigenvalue weighted by atomic mass is 79.9. The minimum atomic E-state index is -0.228. The van der Waals surface area contributed by atoms with E-state index in [1.165, 1.54) is 0 Å². The van der Waals surface area contributed by atoms with Gasteiger partial charge in [0, 0.05) is 44.0 Å². The van der Waals surface area contributed by atoms with Crippen molar-refractivity contribution in [1.29, 1.82) is 0 Å². The summed E-state index contributed by atoms with van der Waals surface area (Å²) in [6.07, 6.45) is 1.50. The van der Waals surface area contributed by atoms with Gasteiger partial charge in [-0.3, -0.25) is 9.59 Å². The number of methoxy groups -OCH3 is 1. The smallest absolute Gasteiger partial charge is 0.259 e. The second-order valence-electron chi connectivity index (χ2n) is 8.11. The Morgan fingerprint density at radius 3 is 2.39 bits per heavy atom. The molecule has 1 fully saturated rings. The first-order chi connectivity index (χ1) is 16.0. The first-order valence-corrected chi connectivity index (χ1v) is 12.0. The minimum absolute atomic E-state index is 0.228. The summed E-state index contributed by atoms with van der Waals surface area (Å²) < 4.78 is 6.30. The number of hydrogen-bond donors (Lipinski definition) is 1. The number of amides is 2. The molecule has 1 aliphatic heterocycles. The zero-order valence-electron chi connectivity index (χ0n) is 18.9. The predicted octanol–water partition coefficient (Wildman–Crippen LogP) is 5.31. The Bertz CT molecular complexity index is 1160. The Morgan fingerprint density at radius 2 is 1.73 bits per heavy atom. The van der Waals surface area contributed by atoms with Gasteiger partial charge in [0.2, 0.25) is 5.91 Å². The largest absolute Gasteiger partial charge is 0.495 e. The number of nitrogens with zero attached hydrogens (tertiary/aromatic N) is 2. The summed E-state index contributed by atoms with van der Waals surface area (Å²) in [5.41, 5.74) is 2.27. The van der Waals surface area contributed by atoms with Crippen LogP contribution in [0.1, 0.15) is 30.1 Å². The van der Waals surface area contributed by atoms with Crippen LogP contribution in [0.2, 0.25) is 0 Å². The molecule has 33 heavy (non-hydrogen) atoms. The molecule has 1 saturated heterocycles. The molecule has 0 bridgehead atoms. The van der Waals surface area contributed by atoms with Gasteiger partial charge in [-0.15, -0.1) is 0 Å². The highest BCUT2D eigenvalue weighted by Gasteiger charge is 2.21. The van der Waals surface area contributed by atoms with Crippen LogP contribution in [-0.2, 0) is 4.79 Å². The third-order valence-electron chi connectivity index (χ3n) is 5.98. The van der Waals surface area contributed by atoms with E-state index in [0.29, 0.717) is 23.4 Å². The summed E-state index contributed by atoms with van der Waals surface area (Å²) in [6, 6.07) is 17.5. The molecule has 1 N–H and O–H groups in total. The lowest BCUT2D eigenvalue weighted by atomic mass is 10.0. The van der Waals surface area contributed by atoms with E-state index in [0.717, 1.165) is 53.5 Å². The Morgan fingerprint density at radius 1 is 1.03 bits per heavy atom. The maximum Gasteiger partial charge on any atom is 0.259 e. The lowest BCUT2D eigenvalue weighted by Gasteiger charge is -2.36. The van der Waals surface area contributed by atoms with Gasteiger partial charge in [0.05, 0.1) is 17.1 Å². The molecule has 0 unspecified atom stereocenters. The number of hydrogen-bond acceptors (Lipinski definition) is 4. The molecular weight excluding hydrogens is 482 g/mol. The van der Waals surface area contributed by atoms with Crippen LogP contribution in [0.25, 0.3) is 10.8 Å². The van der Waals surface area contributed by atoms with Crippen LogP contribution < -0.4 is 15.0 Å². The molecule has 3 aromatic rings. The number of ether oxygens (including phenoxy) is 1. The van der Waals surface area contributed by atoms with Crippen molar-refractivity contribution in [3.63, 3.8) is 0 Å². The zero-order valence-corrected chi connectivity index (χ0v) is 20.5. The van der Waals surface area contributed by atoms with Gasteiger partial charge in [0.1, 0.15) is 5.75 Å². The van der Waals surface area contributed by atoms with E-state index in [9.17, 15) is 9.59 Å². The van der Waals surface area contributed by atoms with Gasteiger partial charge in [-0.2, -0.15) is 0 Å². The van der Waals surface area contributed by atoms with Gasteiger partial charge in [-0.05, 0) is 63.5 Å². The summed E-state index contributed by atoms with van der Waals surface area (Å²) >= 11 is 3.59. The van der Waals surface area contributed by atoms with Crippen molar-refractivity contribution in [3.05, 3.63) is 64.6 Å². The summed E-state index contributed by atoms with van der Waals surface area (Å²) in [6.45, 7) is 5.14. The van der Waals surface area contributed by atoms with Crippen molar-refractivity contribution >= 4 is 49.9 Å². The fourth-order valence-electron chi connectivity index (χ4n) is 4.19. The number of rotatable bonds is 6. The Kier molecular flexibility index (Phi) is 7.18. The summed E-state index contributed by atoms with van der Waals surface area (Å²) in [5, 5.41) is 4.93. The quantitative estimate of drug-likeness (QED) is 0.488. The molecule has 1 aliphatic rings. The van der Waals surface area contributed by atoms with E-state index in [2.05, 4.69) is 26.1 Å². The lowest BCUT2D eigenvalue weighted by Crippen LogP contribution is -2.48. The zero-order chi connectivity index (χ0) is 23.4. The molecule has 0 saturated carbocycles. The first-order valence-electron chi connectivity index (χ1n) is 11.2. The van der Waals surface area contributed by atoms with Gasteiger partial charge in [0.15, 0.2) is 0 Å². The third-order valence-corrected chi connectivity index (χ3v) is 6.76. The fourth-order valence-corrected chi connectivity index (χ4v) is 4.93. The standard InChI is InChI=1S/C26H28BrN3O3/c1-3-6-23(31)30-15-13-29(14-16-30)20-11-9-19(10-12-20)28-26(32)22-17-18-7-4-5-8-21(18)24(27)25(22)33-2/h4-5,7-12,17H,3,6,13-16H2,1-2H3,(H,28,32). The fraction of sp³-hybridized carbons (Fsp3) is 0.308. The van der Waals surface area contributed by atoms with Crippen LogP contribution in [0, 0.1) is 0 Å². The maximum absolute atomic E-state index is 13.1. The summed E-state index contributed by atoms with van der Waals surface area (Å²) in [4.78, 5) is 29.4. The number of benzene rings is 3. The number of nitrogens with one attached hydrogen (secondary N) is 1. The van der Waals surface area contributed by atoms with Crippen molar-refractivity contribution in [1.82, 2.24) is 4.90 Å². The van der Waals surface area contributed by atoms with E-state index >= 15 is 0 Å². The molecular formula is C26H28BrN3O3. The molecule has 6 nitrogen and oxygen atoms in total. The lowest BCUT2D eigenvalue weighted by molar-refractivity contribution is -0.131. The van der Waals surface area contributed by atoms with E-state index in [1.54, 1.807) is 7.11 Å². The number of piperazine rings is 1. The predicted molar refractivity (Wildman–Crippen MR) is 136 cm³/mol. The van der Waals surface area contributed by atoms with Crippen LogP contribution >= 0.6 is 15.9 Å². The number of carbonyl (C=O) groups is 2. The molecule has 3 aromatic carbocycles. The molecule has 0 atom stereocenters. The molecule has 2 amide bonds. The van der Waals surface area contributed by atoms with Gasteiger partial charge in [-0.1, -0.05) is 31.2 Å². The molecule has 0 aliphatic carbocycles. The van der Waals surface area contributed by atoms with E-state index in [-0.39, 0.29) is 11.8 Å². The average molecular weight is 510 g/mol. The molecule has 172 valence electrons. The normalized spacial score (nSPS) is 13.8. The van der Waals surface area contributed by atoms with Crippen LogP contribution in [0.15, 0.2) is 59.1 Å². The highest BCUT2D eigenvalue weighted by molar-refractivity contribution is 9.10. The maximum atomic E-state index is 13.1. The Balaban J connectivity index is 1.45. The van der Waals surface area contributed by atoms with E-state index in [4.69, 9.17) is 4.74 Å². The van der Waals surface area contributed by atoms with Crippen LogP contribution in [0.3, 0.4) is 0 Å². The average Bonchev–Trinajstić information content (AvgIpc) is 2.84. The summed E-state index contributed by atoms with van der Waals surface area (Å²) in [7, 11) is 1.57. The molecule has 4 rings (SSSR count). The van der Waals surface area contributed by atoms with Gasteiger partial charge in [-0.25, -0.2) is 0 Å². The number of anilines is 2. The van der Waals surface area contributed by atoms with Crippen LogP contribution in [0.4, 0.5) is 11.4 Å². The first kappa shape index (κ1) is 23.1. The van der Waals surface area contributed by atoms with E-state index < -0.39 is 0 Å². The Hall–Kier alpha value is -3.06. The monoisotopic (exact) mass is 509 g/mol. The molecule has 0 aromatic heterocycles. The molecule has 0 radical (unpaired) electrons. The van der Waals surface area contributed by atoms with Gasteiger partial charge >= 0.3 is 0 Å². The van der Waals surface area contributed by atoms with Gasteiger partial charge < -0.3 is 19.9 Å². The highest BCUT2D eigenvalue weighted by Crippen LogP contribution is 2.37. The van der Waals surface area contributed by atoms with Gasteiger partial charge in [0.25, 0.3) is 5.91 Å². The minimum Gasteiger partial charge on any atom is -0.495 e. The number of halogens is 1.